The lowest BCUT2D eigenvalue weighted by Gasteiger charge is -2.30. The SMILES string of the molecule is COCCCCN1C(=O)NC(=O)C2(CC2)C1=O. The molecule has 1 spiro atoms. The third-order valence-corrected chi connectivity index (χ3v) is 3.28. The van der Waals surface area contributed by atoms with Gasteiger partial charge in [0.25, 0.3) is 0 Å². The van der Waals surface area contributed by atoms with Gasteiger partial charge >= 0.3 is 6.03 Å². The van der Waals surface area contributed by atoms with Crippen molar-refractivity contribution in [3.05, 3.63) is 0 Å². The average Bonchev–Trinajstić information content (AvgIpc) is 3.07. The summed E-state index contributed by atoms with van der Waals surface area (Å²) < 4.78 is 4.90. The van der Waals surface area contributed by atoms with Gasteiger partial charge in [0.2, 0.25) is 11.8 Å². The Hall–Kier alpha value is -1.43. The Morgan fingerprint density at radius 1 is 1.29 bits per heavy atom. The third kappa shape index (κ3) is 2.04. The fourth-order valence-electron chi connectivity index (χ4n) is 2.02. The van der Waals surface area contributed by atoms with Gasteiger partial charge in [-0.25, -0.2) is 4.79 Å². The van der Waals surface area contributed by atoms with Crippen molar-refractivity contribution in [3.63, 3.8) is 0 Å². The molecule has 1 saturated heterocycles. The van der Waals surface area contributed by atoms with Gasteiger partial charge in [-0.3, -0.25) is 19.8 Å². The molecule has 0 radical (unpaired) electrons. The summed E-state index contributed by atoms with van der Waals surface area (Å²) >= 11 is 0. The second-order valence-corrected chi connectivity index (χ2v) is 4.50. The average molecular weight is 240 g/mol. The Bertz CT molecular complexity index is 362. The van der Waals surface area contributed by atoms with Crippen LogP contribution in [0.3, 0.4) is 0 Å². The molecule has 6 nitrogen and oxygen atoms in total. The maximum Gasteiger partial charge on any atom is 0.330 e. The normalized spacial score (nSPS) is 21.9. The molecule has 4 amide bonds. The summed E-state index contributed by atoms with van der Waals surface area (Å²) in [7, 11) is 1.61. The van der Waals surface area contributed by atoms with Crippen LogP contribution < -0.4 is 5.32 Å². The molecule has 2 aliphatic rings. The Balaban J connectivity index is 1.94. The smallest absolute Gasteiger partial charge is 0.330 e. The molecule has 1 aliphatic heterocycles. The standard InChI is InChI=1S/C11H16N2O4/c1-17-7-3-2-6-13-9(15)11(4-5-11)8(14)12-10(13)16/h2-7H2,1H3,(H,12,14,16). The Labute approximate surface area is 99.3 Å². The highest BCUT2D eigenvalue weighted by atomic mass is 16.5. The molecule has 17 heavy (non-hydrogen) atoms. The van der Waals surface area contributed by atoms with Gasteiger partial charge in [-0.05, 0) is 25.7 Å². The maximum atomic E-state index is 12.0. The highest BCUT2D eigenvalue weighted by Gasteiger charge is 2.61. The van der Waals surface area contributed by atoms with Crippen molar-refractivity contribution in [1.82, 2.24) is 10.2 Å². The van der Waals surface area contributed by atoms with E-state index in [1.165, 1.54) is 0 Å². The van der Waals surface area contributed by atoms with Gasteiger partial charge in [-0.15, -0.1) is 0 Å². The lowest BCUT2D eigenvalue weighted by Crippen LogP contribution is -2.59. The highest BCUT2D eigenvalue weighted by Crippen LogP contribution is 2.48. The first-order valence-electron chi connectivity index (χ1n) is 5.78. The molecule has 94 valence electrons. The number of carbonyl (C=O) groups is 3. The first kappa shape index (κ1) is 12.0. The predicted octanol–water partition coefficient (Wildman–Crippen LogP) is 0.272. The lowest BCUT2D eigenvalue weighted by atomic mass is 10.0. The van der Waals surface area contributed by atoms with Gasteiger partial charge in [0.15, 0.2) is 0 Å². The number of hydrogen-bond acceptors (Lipinski definition) is 4. The summed E-state index contributed by atoms with van der Waals surface area (Å²) in [6.07, 6.45) is 2.59. The van der Waals surface area contributed by atoms with Crippen LogP contribution in [-0.4, -0.2) is 43.0 Å². The monoisotopic (exact) mass is 240 g/mol. The van der Waals surface area contributed by atoms with Crippen LogP contribution in [0.1, 0.15) is 25.7 Å². The van der Waals surface area contributed by atoms with Gasteiger partial charge in [0.1, 0.15) is 5.41 Å². The number of hydrogen-bond donors (Lipinski definition) is 1. The van der Waals surface area contributed by atoms with E-state index in [1.807, 2.05) is 0 Å². The van der Waals surface area contributed by atoms with Crippen LogP contribution in [0.15, 0.2) is 0 Å². The third-order valence-electron chi connectivity index (χ3n) is 3.28. The molecule has 0 atom stereocenters. The van der Waals surface area contributed by atoms with E-state index in [2.05, 4.69) is 5.32 Å². The molecule has 0 aromatic carbocycles. The fourth-order valence-corrected chi connectivity index (χ4v) is 2.02. The fraction of sp³-hybridized carbons (Fsp3) is 0.727. The van der Waals surface area contributed by atoms with Crippen LogP contribution >= 0.6 is 0 Å². The van der Waals surface area contributed by atoms with Gasteiger partial charge in [-0.1, -0.05) is 0 Å². The number of imide groups is 2. The summed E-state index contributed by atoms with van der Waals surface area (Å²) in [6, 6.07) is -0.588. The van der Waals surface area contributed by atoms with Crippen molar-refractivity contribution in [3.8, 4) is 0 Å². The minimum absolute atomic E-state index is 0.330. The zero-order chi connectivity index (χ0) is 12.5. The lowest BCUT2D eigenvalue weighted by molar-refractivity contribution is -0.144. The number of amides is 4. The van der Waals surface area contributed by atoms with Crippen molar-refractivity contribution in [2.24, 2.45) is 5.41 Å². The zero-order valence-corrected chi connectivity index (χ0v) is 9.82. The summed E-state index contributed by atoms with van der Waals surface area (Å²) in [5.74, 6) is -0.760. The molecular formula is C11H16N2O4. The van der Waals surface area contributed by atoms with Crippen molar-refractivity contribution in [2.45, 2.75) is 25.7 Å². The van der Waals surface area contributed by atoms with E-state index in [4.69, 9.17) is 4.74 Å². The summed E-state index contributed by atoms with van der Waals surface area (Å²) in [5, 5.41) is 2.25. The first-order chi connectivity index (χ1) is 8.12. The second-order valence-electron chi connectivity index (χ2n) is 4.50. The van der Waals surface area contributed by atoms with E-state index in [1.54, 1.807) is 7.11 Å². The number of nitrogens with zero attached hydrogens (tertiary/aromatic N) is 1. The number of carbonyl (C=O) groups excluding carboxylic acids is 3. The molecule has 0 unspecified atom stereocenters. The van der Waals surface area contributed by atoms with E-state index in [9.17, 15) is 14.4 Å². The number of unbranched alkanes of at least 4 members (excludes halogenated alkanes) is 1. The van der Waals surface area contributed by atoms with E-state index in [0.717, 1.165) is 11.3 Å². The molecule has 2 rings (SSSR count). The van der Waals surface area contributed by atoms with Crippen LogP contribution in [0.5, 0.6) is 0 Å². The molecule has 2 fully saturated rings. The van der Waals surface area contributed by atoms with Crippen LogP contribution in [-0.2, 0) is 14.3 Å². The van der Waals surface area contributed by atoms with E-state index in [-0.39, 0.29) is 5.91 Å². The molecule has 1 saturated carbocycles. The Morgan fingerprint density at radius 2 is 2.00 bits per heavy atom. The molecule has 6 heteroatoms. The van der Waals surface area contributed by atoms with Crippen molar-refractivity contribution >= 4 is 17.8 Å². The van der Waals surface area contributed by atoms with Gasteiger partial charge in [-0.2, -0.15) is 0 Å². The van der Waals surface area contributed by atoms with E-state index in [0.29, 0.717) is 32.4 Å². The number of rotatable bonds is 5. The molecular weight excluding hydrogens is 224 g/mol. The van der Waals surface area contributed by atoms with Crippen molar-refractivity contribution in [1.29, 1.82) is 0 Å². The maximum absolute atomic E-state index is 12.0. The molecule has 1 aliphatic carbocycles. The van der Waals surface area contributed by atoms with Crippen LogP contribution in [0.2, 0.25) is 0 Å². The molecule has 1 N–H and O–H groups in total. The minimum atomic E-state index is -0.921. The Kier molecular flexibility index (Phi) is 3.15. The minimum Gasteiger partial charge on any atom is -0.385 e. The zero-order valence-electron chi connectivity index (χ0n) is 9.82. The number of nitrogens with one attached hydrogen (secondary N) is 1. The first-order valence-corrected chi connectivity index (χ1v) is 5.78. The number of ether oxygens (including phenoxy) is 1. The van der Waals surface area contributed by atoms with Crippen molar-refractivity contribution < 1.29 is 19.1 Å². The van der Waals surface area contributed by atoms with Gasteiger partial charge in [0, 0.05) is 20.3 Å². The quantitative estimate of drug-likeness (QED) is 0.553. The van der Waals surface area contributed by atoms with E-state index < -0.39 is 17.4 Å². The predicted molar refractivity (Wildman–Crippen MR) is 58.0 cm³/mol. The highest BCUT2D eigenvalue weighted by molar-refractivity contribution is 6.20. The topological polar surface area (TPSA) is 75.7 Å². The second kappa shape index (κ2) is 4.44. The molecule has 0 bridgehead atoms. The van der Waals surface area contributed by atoms with Crippen LogP contribution in [0.4, 0.5) is 4.79 Å². The van der Waals surface area contributed by atoms with Crippen LogP contribution in [0.25, 0.3) is 0 Å². The summed E-state index contributed by atoms with van der Waals surface area (Å²) in [6.45, 7) is 0.955. The van der Waals surface area contributed by atoms with Crippen molar-refractivity contribution in [2.75, 3.05) is 20.3 Å². The number of urea groups is 1. The van der Waals surface area contributed by atoms with Gasteiger partial charge in [0.05, 0.1) is 0 Å². The van der Waals surface area contributed by atoms with Crippen LogP contribution in [0, 0.1) is 5.41 Å². The number of barbiturate groups is 1. The molecule has 0 aromatic heterocycles. The number of methoxy groups -OCH3 is 1. The largest absolute Gasteiger partial charge is 0.385 e. The molecule has 0 aromatic rings. The Morgan fingerprint density at radius 3 is 2.59 bits per heavy atom. The molecule has 1 heterocycles. The summed E-state index contributed by atoms with van der Waals surface area (Å²) in [4.78, 5) is 36.2. The van der Waals surface area contributed by atoms with E-state index >= 15 is 0 Å². The van der Waals surface area contributed by atoms with Gasteiger partial charge < -0.3 is 4.74 Å². The summed E-state index contributed by atoms with van der Waals surface area (Å²) in [5.41, 5.74) is -0.921.